The number of rotatable bonds is 5. The third-order valence-corrected chi connectivity index (χ3v) is 2.84. The minimum atomic E-state index is -0.434. The molecule has 4 heteroatoms. The van der Waals surface area contributed by atoms with Gasteiger partial charge in [-0.05, 0) is 61.4 Å². The van der Waals surface area contributed by atoms with Gasteiger partial charge in [0.05, 0.1) is 7.11 Å². The molecule has 0 spiro atoms. The summed E-state index contributed by atoms with van der Waals surface area (Å²) in [6, 6.07) is 12.7. The van der Waals surface area contributed by atoms with Crippen molar-refractivity contribution in [3.8, 4) is 17.2 Å². The van der Waals surface area contributed by atoms with E-state index in [1.54, 1.807) is 31.4 Å². The molecule has 0 unspecified atom stereocenters. The minimum Gasteiger partial charge on any atom is -0.497 e. The fourth-order valence-electron chi connectivity index (χ4n) is 1.97. The Morgan fingerprint density at radius 3 is 2.05 bits per heavy atom. The maximum Gasteiger partial charge on any atom is 0.349 e. The number of aryl methyl sites for hydroxylation is 2. The van der Waals surface area contributed by atoms with Gasteiger partial charge in [-0.15, -0.1) is 0 Å². The third-order valence-electron chi connectivity index (χ3n) is 2.84. The van der Waals surface area contributed by atoms with Crippen LogP contribution in [0.5, 0.6) is 17.2 Å². The van der Waals surface area contributed by atoms with Crippen LogP contribution in [0, 0.1) is 13.8 Å². The van der Waals surface area contributed by atoms with Crippen molar-refractivity contribution in [1.82, 2.24) is 0 Å². The van der Waals surface area contributed by atoms with Gasteiger partial charge in [0, 0.05) is 0 Å². The quantitative estimate of drug-likeness (QED) is 0.625. The van der Waals surface area contributed by atoms with Crippen molar-refractivity contribution in [2.24, 2.45) is 0 Å². The number of carbonyl (C=O) groups is 1. The van der Waals surface area contributed by atoms with E-state index in [1.807, 2.05) is 32.0 Å². The second kappa shape index (κ2) is 6.79. The Labute approximate surface area is 124 Å². The van der Waals surface area contributed by atoms with Crippen LogP contribution in [0.2, 0.25) is 0 Å². The number of carbonyl (C=O) groups excluding carboxylic acids is 1. The SMILES string of the molecule is COc1ccc(OCC(=O)Oc2cc(C)cc(C)c2)cc1. The number of ether oxygens (including phenoxy) is 3. The van der Waals surface area contributed by atoms with E-state index in [9.17, 15) is 4.79 Å². The summed E-state index contributed by atoms with van der Waals surface area (Å²) in [6.45, 7) is 3.77. The predicted octanol–water partition coefficient (Wildman–Crippen LogP) is 3.30. The first kappa shape index (κ1) is 14.9. The zero-order valence-electron chi connectivity index (χ0n) is 12.4. The van der Waals surface area contributed by atoms with E-state index in [1.165, 1.54) is 0 Å². The van der Waals surface area contributed by atoms with Gasteiger partial charge in [0.15, 0.2) is 6.61 Å². The molecule has 0 bridgehead atoms. The predicted molar refractivity (Wildman–Crippen MR) is 80.0 cm³/mol. The van der Waals surface area contributed by atoms with Crippen LogP contribution in [0.15, 0.2) is 42.5 Å². The van der Waals surface area contributed by atoms with Crippen molar-refractivity contribution in [2.45, 2.75) is 13.8 Å². The number of hydrogen-bond donors (Lipinski definition) is 0. The highest BCUT2D eigenvalue weighted by Crippen LogP contribution is 2.18. The average molecular weight is 286 g/mol. The first-order valence-corrected chi connectivity index (χ1v) is 6.62. The van der Waals surface area contributed by atoms with Gasteiger partial charge in [-0.1, -0.05) is 6.07 Å². The Morgan fingerprint density at radius 2 is 1.48 bits per heavy atom. The average Bonchev–Trinajstić information content (AvgIpc) is 2.44. The van der Waals surface area contributed by atoms with Crippen molar-refractivity contribution < 1.29 is 19.0 Å². The molecule has 0 aromatic heterocycles. The Hall–Kier alpha value is -2.49. The van der Waals surface area contributed by atoms with Crippen LogP contribution in [-0.2, 0) is 4.79 Å². The molecule has 21 heavy (non-hydrogen) atoms. The summed E-state index contributed by atoms with van der Waals surface area (Å²) in [5, 5.41) is 0. The first-order valence-electron chi connectivity index (χ1n) is 6.62. The molecule has 2 aromatic rings. The highest BCUT2D eigenvalue weighted by molar-refractivity contribution is 5.74. The van der Waals surface area contributed by atoms with E-state index in [2.05, 4.69) is 0 Å². The summed E-state index contributed by atoms with van der Waals surface area (Å²) >= 11 is 0. The molecule has 0 saturated heterocycles. The number of esters is 1. The zero-order chi connectivity index (χ0) is 15.2. The van der Waals surface area contributed by atoms with Crippen molar-refractivity contribution >= 4 is 5.97 Å². The minimum absolute atomic E-state index is 0.140. The molecular formula is C17H18O4. The summed E-state index contributed by atoms with van der Waals surface area (Å²) in [6.07, 6.45) is 0. The Morgan fingerprint density at radius 1 is 0.905 bits per heavy atom. The zero-order valence-corrected chi connectivity index (χ0v) is 12.4. The molecule has 0 fully saturated rings. The van der Waals surface area contributed by atoms with Gasteiger partial charge in [0.1, 0.15) is 17.2 Å². The summed E-state index contributed by atoms with van der Waals surface area (Å²) < 4.78 is 15.7. The van der Waals surface area contributed by atoms with Gasteiger partial charge < -0.3 is 14.2 Å². The standard InChI is InChI=1S/C17H18O4/c1-12-8-13(2)10-16(9-12)21-17(18)11-20-15-6-4-14(19-3)5-7-15/h4-10H,11H2,1-3H3. The van der Waals surface area contributed by atoms with Crippen molar-refractivity contribution in [3.63, 3.8) is 0 Å². The third kappa shape index (κ3) is 4.53. The normalized spacial score (nSPS) is 10.0. The summed E-state index contributed by atoms with van der Waals surface area (Å²) in [4.78, 5) is 11.8. The van der Waals surface area contributed by atoms with Crippen molar-refractivity contribution in [3.05, 3.63) is 53.6 Å². The molecule has 0 aliphatic rings. The largest absolute Gasteiger partial charge is 0.497 e. The van der Waals surface area contributed by atoms with E-state index < -0.39 is 5.97 Å². The Kier molecular flexibility index (Phi) is 4.82. The molecule has 0 radical (unpaired) electrons. The lowest BCUT2D eigenvalue weighted by atomic mass is 10.1. The first-order chi connectivity index (χ1) is 10.1. The van der Waals surface area contributed by atoms with Crippen LogP contribution in [0.25, 0.3) is 0 Å². The van der Waals surface area contributed by atoms with Crippen molar-refractivity contribution in [1.29, 1.82) is 0 Å². The molecule has 0 aliphatic carbocycles. The van der Waals surface area contributed by atoms with Gasteiger partial charge in [-0.25, -0.2) is 4.79 Å². The summed E-state index contributed by atoms with van der Waals surface area (Å²) in [5.41, 5.74) is 2.10. The van der Waals surface area contributed by atoms with E-state index in [0.717, 1.165) is 16.9 Å². The summed E-state index contributed by atoms with van der Waals surface area (Å²) in [5.74, 6) is 1.43. The molecule has 0 saturated carbocycles. The van der Waals surface area contributed by atoms with Crippen LogP contribution in [0.3, 0.4) is 0 Å². The van der Waals surface area contributed by atoms with Crippen LogP contribution in [-0.4, -0.2) is 19.7 Å². The Bertz CT molecular complexity index is 597. The smallest absolute Gasteiger partial charge is 0.349 e. The van der Waals surface area contributed by atoms with Gasteiger partial charge in [0.2, 0.25) is 0 Å². The molecule has 2 rings (SSSR count). The fraction of sp³-hybridized carbons (Fsp3) is 0.235. The maximum atomic E-state index is 11.8. The van der Waals surface area contributed by atoms with E-state index >= 15 is 0 Å². The number of benzene rings is 2. The highest BCUT2D eigenvalue weighted by atomic mass is 16.6. The van der Waals surface area contributed by atoms with Gasteiger partial charge in [-0.2, -0.15) is 0 Å². The highest BCUT2D eigenvalue weighted by Gasteiger charge is 2.07. The molecule has 0 heterocycles. The lowest BCUT2D eigenvalue weighted by Crippen LogP contribution is -2.17. The second-order valence-corrected chi connectivity index (χ2v) is 4.76. The van der Waals surface area contributed by atoms with Crippen LogP contribution >= 0.6 is 0 Å². The van der Waals surface area contributed by atoms with E-state index in [-0.39, 0.29) is 6.61 Å². The molecule has 4 nitrogen and oxygen atoms in total. The molecule has 2 aromatic carbocycles. The van der Waals surface area contributed by atoms with E-state index in [4.69, 9.17) is 14.2 Å². The van der Waals surface area contributed by atoms with Crippen LogP contribution in [0.4, 0.5) is 0 Å². The molecule has 0 amide bonds. The Balaban J connectivity index is 1.89. The number of methoxy groups -OCH3 is 1. The monoisotopic (exact) mass is 286 g/mol. The maximum absolute atomic E-state index is 11.8. The molecule has 110 valence electrons. The van der Waals surface area contributed by atoms with E-state index in [0.29, 0.717) is 11.5 Å². The van der Waals surface area contributed by atoms with Gasteiger partial charge in [-0.3, -0.25) is 0 Å². The second-order valence-electron chi connectivity index (χ2n) is 4.76. The van der Waals surface area contributed by atoms with Gasteiger partial charge >= 0.3 is 5.97 Å². The molecule has 0 aliphatic heterocycles. The fourth-order valence-corrected chi connectivity index (χ4v) is 1.97. The number of hydrogen-bond acceptors (Lipinski definition) is 4. The topological polar surface area (TPSA) is 44.8 Å². The molecule has 0 N–H and O–H groups in total. The molecule has 0 atom stereocenters. The van der Waals surface area contributed by atoms with Gasteiger partial charge in [0.25, 0.3) is 0 Å². The lowest BCUT2D eigenvalue weighted by molar-refractivity contribution is -0.136. The molecular weight excluding hydrogens is 268 g/mol. The van der Waals surface area contributed by atoms with Crippen molar-refractivity contribution in [2.75, 3.05) is 13.7 Å². The van der Waals surface area contributed by atoms with Crippen LogP contribution in [0.1, 0.15) is 11.1 Å². The lowest BCUT2D eigenvalue weighted by Gasteiger charge is -2.08. The van der Waals surface area contributed by atoms with Crippen LogP contribution < -0.4 is 14.2 Å². The summed E-state index contributed by atoms with van der Waals surface area (Å²) in [7, 11) is 1.59.